The zero-order valence-corrected chi connectivity index (χ0v) is 13.6. The quantitative estimate of drug-likeness (QED) is 0.655. The first-order chi connectivity index (χ1) is 10.0. The fourth-order valence-corrected chi connectivity index (χ4v) is 2.20. The van der Waals surface area contributed by atoms with Crippen LogP contribution in [0.4, 0.5) is 18.9 Å². The molecule has 0 aliphatic heterocycles. The van der Waals surface area contributed by atoms with Crippen molar-refractivity contribution < 1.29 is 18.0 Å². The molecule has 0 heterocycles. The van der Waals surface area contributed by atoms with Gasteiger partial charge in [-0.25, -0.2) is 0 Å². The molecule has 0 N–H and O–H groups in total. The van der Waals surface area contributed by atoms with Crippen LogP contribution in [0.1, 0.15) is 64.0 Å². The number of hydrogen-bond donors (Lipinski definition) is 0. The first-order valence-electron chi connectivity index (χ1n) is 7.31. The summed E-state index contributed by atoms with van der Waals surface area (Å²) in [5.41, 5.74) is 2.83. The lowest BCUT2D eigenvalue weighted by molar-refractivity contribution is -0.169. The van der Waals surface area contributed by atoms with Crippen LogP contribution < -0.4 is 0 Å². The standard InChI is InChI=1S/C17H22F3NO/c1-10(2)13-7-6-8-14(11(3)4)16(13)21-12(5)9-15(22)17(18,19)20/h6-8,10-11H,9H2,1-5H3. The molecule has 1 rings (SSSR count). The molecule has 0 atom stereocenters. The van der Waals surface area contributed by atoms with E-state index in [4.69, 9.17) is 0 Å². The zero-order valence-electron chi connectivity index (χ0n) is 13.6. The van der Waals surface area contributed by atoms with Gasteiger partial charge in [0.1, 0.15) is 0 Å². The molecule has 0 fully saturated rings. The van der Waals surface area contributed by atoms with Gasteiger partial charge in [0, 0.05) is 5.71 Å². The molecule has 1 aromatic carbocycles. The largest absolute Gasteiger partial charge is 0.450 e. The van der Waals surface area contributed by atoms with Crippen molar-refractivity contribution in [2.45, 2.75) is 59.1 Å². The van der Waals surface area contributed by atoms with E-state index in [9.17, 15) is 18.0 Å². The van der Waals surface area contributed by atoms with Crippen molar-refractivity contribution in [3.63, 3.8) is 0 Å². The molecule has 0 unspecified atom stereocenters. The molecule has 0 bridgehead atoms. The maximum atomic E-state index is 12.4. The molecule has 0 amide bonds. The topological polar surface area (TPSA) is 29.4 Å². The first-order valence-corrected chi connectivity index (χ1v) is 7.31. The van der Waals surface area contributed by atoms with Gasteiger partial charge in [0.05, 0.1) is 12.1 Å². The lowest BCUT2D eigenvalue weighted by Gasteiger charge is -2.17. The number of nitrogens with zero attached hydrogens (tertiary/aromatic N) is 1. The number of ketones is 1. The van der Waals surface area contributed by atoms with Crippen LogP contribution in [0.5, 0.6) is 0 Å². The van der Waals surface area contributed by atoms with Gasteiger partial charge in [-0.15, -0.1) is 0 Å². The summed E-state index contributed by atoms with van der Waals surface area (Å²) in [7, 11) is 0. The van der Waals surface area contributed by atoms with Gasteiger partial charge < -0.3 is 0 Å². The Labute approximate surface area is 129 Å². The third-order valence-electron chi connectivity index (χ3n) is 3.38. The molecule has 122 valence electrons. The van der Waals surface area contributed by atoms with E-state index in [1.807, 2.05) is 45.9 Å². The fourth-order valence-electron chi connectivity index (χ4n) is 2.20. The van der Waals surface area contributed by atoms with E-state index in [-0.39, 0.29) is 17.5 Å². The third-order valence-corrected chi connectivity index (χ3v) is 3.38. The summed E-state index contributed by atoms with van der Waals surface area (Å²) >= 11 is 0. The summed E-state index contributed by atoms with van der Waals surface area (Å²) < 4.78 is 37.1. The molecule has 0 aliphatic carbocycles. The van der Waals surface area contributed by atoms with Crippen LogP contribution in [0.2, 0.25) is 0 Å². The molecule has 1 aromatic rings. The van der Waals surface area contributed by atoms with Gasteiger partial charge in [-0.1, -0.05) is 45.9 Å². The Morgan fingerprint density at radius 2 is 1.55 bits per heavy atom. The molecule has 2 nitrogen and oxygen atoms in total. The third kappa shape index (κ3) is 4.68. The van der Waals surface area contributed by atoms with Gasteiger partial charge in [0.2, 0.25) is 5.78 Å². The Hall–Kier alpha value is -1.65. The van der Waals surface area contributed by atoms with Gasteiger partial charge in [-0.05, 0) is 29.9 Å². The Morgan fingerprint density at radius 1 is 1.09 bits per heavy atom. The second-order valence-corrected chi connectivity index (χ2v) is 6.04. The highest BCUT2D eigenvalue weighted by atomic mass is 19.4. The van der Waals surface area contributed by atoms with Crippen LogP contribution in [0.3, 0.4) is 0 Å². The first kappa shape index (κ1) is 18.4. The second-order valence-electron chi connectivity index (χ2n) is 6.04. The van der Waals surface area contributed by atoms with Crippen molar-refractivity contribution in [3.8, 4) is 0 Å². The SMILES string of the molecule is CC(CC(=O)C(F)(F)F)=Nc1c(C(C)C)cccc1C(C)C. The van der Waals surface area contributed by atoms with Crippen molar-refractivity contribution in [3.05, 3.63) is 29.3 Å². The Balaban J connectivity index is 3.25. The number of hydrogen-bond acceptors (Lipinski definition) is 2. The lowest BCUT2D eigenvalue weighted by atomic mass is 9.93. The molecular weight excluding hydrogens is 291 g/mol. The lowest BCUT2D eigenvalue weighted by Crippen LogP contribution is -2.24. The average Bonchev–Trinajstić information content (AvgIpc) is 2.36. The van der Waals surface area contributed by atoms with E-state index in [1.54, 1.807) is 0 Å². The molecule has 0 aliphatic rings. The number of aliphatic imine (C=N–C) groups is 1. The van der Waals surface area contributed by atoms with Gasteiger partial charge in [-0.3, -0.25) is 9.79 Å². The van der Waals surface area contributed by atoms with Crippen molar-refractivity contribution in [1.29, 1.82) is 0 Å². The number of rotatable bonds is 5. The number of alkyl halides is 3. The number of carbonyl (C=O) groups excluding carboxylic acids is 1. The normalized spacial score (nSPS) is 13.1. The van der Waals surface area contributed by atoms with E-state index in [2.05, 4.69) is 4.99 Å². The summed E-state index contributed by atoms with van der Waals surface area (Å²) in [5, 5.41) is 0. The van der Waals surface area contributed by atoms with Crippen LogP contribution in [-0.4, -0.2) is 17.7 Å². The van der Waals surface area contributed by atoms with Crippen LogP contribution in [0.25, 0.3) is 0 Å². The van der Waals surface area contributed by atoms with Crippen LogP contribution in [-0.2, 0) is 4.79 Å². The monoisotopic (exact) mass is 313 g/mol. The maximum absolute atomic E-state index is 12.4. The van der Waals surface area contributed by atoms with Crippen molar-refractivity contribution >= 4 is 17.2 Å². The summed E-state index contributed by atoms with van der Waals surface area (Å²) in [6.45, 7) is 9.50. The number of carbonyl (C=O) groups is 1. The summed E-state index contributed by atoms with van der Waals surface area (Å²) in [4.78, 5) is 15.4. The Bertz CT molecular complexity index is 546. The minimum atomic E-state index is -4.81. The fraction of sp³-hybridized carbons (Fsp3) is 0.529. The van der Waals surface area contributed by atoms with Crippen LogP contribution in [0, 0.1) is 0 Å². The maximum Gasteiger partial charge on any atom is 0.450 e. The number of benzene rings is 1. The summed E-state index contributed by atoms with van der Waals surface area (Å²) in [6, 6.07) is 5.78. The van der Waals surface area contributed by atoms with E-state index in [1.165, 1.54) is 6.92 Å². The highest BCUT2D eigenvalue weighted by Crippen LogP contribution is 2.35. The molecule has 0 saturated carbocycles. The molecule has 0 saturated heterocycles. The smallest absolute Gasteiger partial charge is 0.289 e. The Kier molecular flexibility index (Phi) is 5.92. The predicted molar refractivity (Wildman–Crippen MR) is 83.1 cm³/mol. The predicted octanol–water partition coefficient (Wildman–Crippen LogP) is 5.55. The highest BCUT2D eigenvalue weighted by molar-refractivity contribution is 6.04. The molecule has 0 radical (unpaired) electrons. The molecular formula is C17H22F3NO. The van der Waals surface area contributed by atoms with Crippen molar-refractivity contribution in [1.82, 2.24) is 0 Å². The average molecular weight is 313 g/mol. The van der Waals surface area contributed by atoms with E-state index >= 15 is 0 Å². The van der Waals surface area contributed by atoms with E-state index in [0.29, 0.717) is 5.69 Å². The minimum Gasteiger partial charge on any atom is -0.289 e. The molecule has 22 heavy (non-hydrogen) atoms. The molecule has 0 aromatic heterocycles. The van der Waals surface area contributed by atoms with Gasteiger partial charge in [-0.2, -0.15) is 13.2 Å². The number of para-hydroxylation sites is 1. The van der Waals surface area contributed by atoms with Gasteiger partial charge >= 0.3 is 6.18 Å². The van der Waals surface area contributed by atoms with Crippen molar-refractivity contribution in [2.75, 3.05) is 0 Å². The van der Waals surface area contributed by atoms with E-state index < -0.39 is 18.4 Å². The van der Waals surface area contributed by atoms with Gasteiger partial charge in [0.15, 0.2) is 0 Å². The molecule has 5 heteroatoms. The van der Waals surface area contributed by atoms with E-state index in [0.717, 1.165) is 11.1 Å². The number of Topliss-reactive ketones (excluding diaryl/α,β-unsaturated/α-hetero) is 1. The summed E-state index contributed by atoms with van der Waals surface area (Å²) in [6.07, 6.45) is -5.51. The zero-order chi connectivity index (χ0) is 17.1. The second kappa shape index (κ2) is 7.07. The minimum absolute atomic E-state index is 0.178. The Morgan fingerprint density at radius 3 is 1.91 bits per heavy atom. The summed E-state index contributed by atoms with van der Waals surface area (Å²) in [5.74, 6) is -1.37. The van der Waals surface area contributed by atoms with Gasteiger partial charge in [0.25, 0.3) is 0 Å². The highest BCUT2D eigenvalue weighted by Gasteiger charge is 2.38. The number of halogens is 3. The van der Waals surface area contributed by atoms with Crippen LogP contribution in [0.15, 0.2) is 23.2 Å². The van der Waals surface area contributed by atoms with Crippen LogP contribution >= 0.6 is 0 Å². The van der Waals surface area contributed by atoms with Crippen molar-refractivity contribution in [2.24, 2.45) is 4.99 Å². The molecule has 0 spiro atoms.